The van der Waals surface area contributed by atoms with Gasteiger partial charge in [-0.2, -0.15) is 0 Å². The molecule has 2 N–H and O–H groups in total. The smallest absolute Gasteiger partial charge is 0.210 e. The zero-order valence-corrected chi connectivity index (χ0v) is 14.0. The van der Waals surface area contributed by atoms with Gasteiger partial charge in [0.2, 0.25) is 9.84 Å². The molecule has 1 aromatic carbocycles. The monoisotopic (exact) mass is 347 g/mol. The number of nitrogens with one attached hydrogen (secondary N) is 1. The predicted octanol–water partition coefficient (Wildman–Crippen LogP) is 2.84. The summed E-state index contributed by atoms with van der Waals surface area (Å²) in [5, 5.41) is 10.2. The molecule has 0 radical (unpaired) electrons. The maximum Gasteiger partial charge on any atom is 0.210 e. The van der Waals surface area contributed by atoms with Crippen molar-refractivity contribution in [1.29, 1.82) is 0 Å². The molecule has 0 unspecified atom stereocenters. The highest BCUT2D eigenvalue weighted by Crippen LogP contribution is 2.33. The van der Waals surface area contributed by atoms with Crippen LogP contribution in [-0.2, 0) is 9.84 Å². The summed E-state index contributed by atoms with van der Waals surface area (Å²) in [4.78, 5) is 11.0. The number of H-pyrrole nitrogens is 1. The van der Waals surface area contributed by atoms with Crippen molar-refractivity contribution < 1.29 is 13.5 Å². The second-order valence-electron chi connectivity index (χ2n) is 5.07. The minimum absolute atomic E-state index is 0.0666. The lowest BCUT2D eigenvalue weighted by molar-refractivity contribution is 0.480. The van der Waals surface area contributed by atoms with Gasteiger partial charge < -0.3 is 10.1 Å². The van der Waals surface area contributed by atoms with Crippen LogP contribution in [-0.4, -0.2) is 28.5 Å². The molecule has 3 rings (SSSR count). The first-order chi connectivity index (χ1) is 10.8. The van der Waals surface area contributed by atoms with Gasteiger partial charge in [0.15, 0.2) is 4.77 Å². The first-order valence-electron chi connectivity index (χ1n) is 6.71. The van der Waals surface area contributed by atoms with E-state index in [9.17, 15) is 13.5 Å². The zero-order chi connectivity index (χ0) is 16.8. The number of pyridine rings is 1. The third kappa shape index (κ3) is 2.49. The van der Waals surface area contributed by atoms with Crippen molar-refractivity contribution in [3.63, 3.8) is 0 Å². The van der Waals surface area contributed by atoms with Crippen LogP contribution in [0.1, 0.15) is 11.4 Å². The highest BCUT2D eigenvalue weighted by atomic mass is 32.2. The molecular formula is C15H13N3O3S2. The standard InChI is InChI=1S/C15H13N3O3S2/c1-8-14(9(2)18-15(22)17-8)23(20,21)12-6-5-11(19)13-10(12)4-3-7-16-13/h3-7,19H,1-2H3,(H,17,18,22). The molecule has 0 bridgehead atoms. The molecule has 23 heavy (non-hydrogen) atoms. The summed E-state index contributed by atoms with van der Waals surface area (Å²) in [5.41, 5.74) is 0.990. The molecule has 0 aliphatic rings. The highest BCUT2D eigenvalue weighted by Gasteiger charge is 2.26. The third-order valence-electron chi connectivity index (χ3n) is 3.50. The van der Waals surface area contributed by atoms with E-state index in [-0.39, 0.29) is 25.8 Å². The summed E-state index contributed by atoms with van der Waals surface area (Å²) in [6, 6.07) is 5.93. The Balaban J connectivity index is 2.39. The summed E-state index contributed by atoms with van der Waals surface area (Å²) in [6.07, 6.45) is 1.50. The van der Waals surface area contributed by atoms with Crippen molar-refractivity contribution in [2.24, 2.45) is 0 Å². The van der Waals surface area contributed by atoms with Crippen LogP contribution in [0.2, 0.25) is 0 Å². The maximum absolute atomic E-state index is 13.1. The normalized spacial score (nSPS) is 11.7. The summed E-state index contributed by atoms with van der Waals surface area (Å²) in [5.74, 6) is -0.0708. The molecule has 0 saturated heterocycles. The number of sulfone groups is 1. The average Bonchev–Trinajstić information content (AvgIpc) is 2.46. The molecule has 0 fully saturated rings. The first-order valence-corrected chi connectivity index (χ1v) is 8.61. The second kappa shape index (κ2) is 5.39. The van der Waals surface area contributed by atoms with Crippen molar-refractivity contribution in [3.05, 3.63) is 46.6 Å². The number of phenolic OH excluding ortho intramolecular Hbond substituents is 1. The van der Waals surface area contributed by atoms with Crippen molar-refractivity contribution in [2.75, 3.05) is 0 Å². The molecule has 3 aromatic rings. The van der Waals surface area contributed by atoms with Gasteiger partial charge in [-0.3, -0.25) is 4.98 Å². The highest BCUT2D eigenvalue weighted by molar-refractivity contribution is 7.91. The van der Waals surface area contributed by atoms with Crippen molar-refractivity contribution in [3.8, 4) is 5.75 Å². The summed E-state index contributed by atoms with van der Waals surface area (Å²) < 4.78 is 26.4. The van der Waals surface area contributed by atoms with Crippen LogP contribution in [0, 0.1) is 18.6 Å². The molecule has 2 heterocycles. The number of aryl methyl sites for hydroxylation is 2. The van der Waals surface area contributed by atoms with Gasteiger partial charge in [-0.1, -0.05) is 0 Å². The van der Waals surface area contributed by atoms with Gasteiger partial charge in [-0.25, -0.2) is 13.4 Å². The lowest BCUT2D eigenvalue weighted by atomic mass is 10.2. The van der Waals surface area contributed by atoms with E-state index in [0.717, 1.165) is 0 Å². The molecule has 118 valence electrons. The Bertz CT molecular complexity index is 1060. The largest absolute Gasteiger partial charge is 0.506 e. The van der Waals surface area contributed by atoms with Gasteiger partial charge >= 0.3 is 0 Å². The molecule has 0 spiro atoms. The summed E-state index contributed by atoms with van der Waals surface area (Å²) in [7, 11) is -3.85. The van der Waals surface area contributed by atoms with Crippen molar-refractivity contribution in [1.82, 2.24) is 15.0 Å². The number of hydrogen-bond donors (Lipinski definition) is 2. The Kier molecular flexibility index (Phi) is 3.65. The Hall–Kier alpha value is -2.32. The molecule has 0 amide bonds. The van der Waals surface area contributed by atoms with E-state index >= 15 is 0 Å². The van der Waals surface area contributed by atoms with Crippen LogP contribution in [0.3, 0.4) is 0 Å². The van der Waals surface area contributed by atoms with Crippen LogP contribution in [0.4, 0.5) is 0 Å². The molecule has 6 nitrogen and oxygen atoms in total. The van der Waals surface area contributed by atoms with E-state index in [1.807, 2.05) is 0 Å². The van der Waals surface area contributed by atoms with E-state index < -0.39 is 9.84 Å². The van der Waals surface area contributed by atoms with Gasteiger partial charge in [-0.05, 0) is 50.3 Å². The van der Waals surface area contributed by atoms with E-state index in [1.54, 1.807) is 26.0 Å². The number of aromatic nitrogens is 3. The fraction of sp³-hybridized carbons (Fsp3) is 0.133. The van der Waals surface area contributed by atoms with Crippen molar-refractivity contribution in [2.45, 2.75) is 23.6 Å². The van der Waals surface area contributed by atoms with Gasteiger partial charge in [0.25, 0.3) is 0 Å². The SMILES string of the molecule is Cc1nc(=S)[nH]c(C)c1S(=O)(=O)c1ccc(O)c2ncccc12. The van der Waals surface area contributed by atoms with Crippen LogP contribution < -0.4 is 0 Å². The van der Waals surface area contributed by atoms with E-state index in [0.29, 0.717) is 16.8 Å². The molecule has 0 aliphatic heterocycles. The number of aromatic amines is 1. The second-order valence-corrected chi connectivity index (χ2v) is 7.31. The molecule has 2 aromatic heterocycles. The lowest BCUT2D eigenvalue weighted by Crippen LogP contribution is -2.10. The van der Waals surface area contributed by atoms with E-state index in [2.05, 4.69) is 15.0 Å². The molecule has 0 aliphatic carbocycles. The first kappa shape index (κ1) is 15.6. The number of fused-ring (bicyclic) bond motifs is 1. The third-order valence-corrected chi connectivity index (χ3v) is 5.77. The lowest BCUT2D eigenvalue weighted by Gasteiger charge is -2.12. The van der Waals surface area contributed by atoms with Gasteiger partial charge in [0.1, 0.15) is 16.2 Å². The molecule has 0 saturated carbocycles. The molecule has 0 atom stereocenters. The average molecular weight is 347 g/mol. The van der Waals surface area contributed by atoms with Gasteiger partial charge in [-0.15, -0.1) is 0 Å². The van der Waals surface area contributed by atoms with Crippen LogP contribution >= 0.6 is 12.2 Å². The Morgan fingerprint density at radius 1 is 1.22 bits per heavy atom. The quantitative estimate of drug-likeness (QED) is 0.692. The van der Waals surface area contributed by atoms with Crippen LogP contribution in [0.15, 0.2) is 40.3 Å². The summed E-state index contributed by atoms with van der Waals surface area (Å²) >= 11 is 4.98. The molecule has 8 heteroatoms. The Morgan fingerprint density at radius 3 is 2.65 bits per heavy atom. The number of rotatable bonds is 2. The van der Waals surface area contributed by atoms with Gasteiger partial charge in [0.05, 0.1) is 10.6 Å². The van der Waals surface area contributed by atoms with E-state index in [4.69, 9.17) is 12.2 Å². The fourth-order valence-electron chi connectivity index (χ4n) is 2.59. The minimum atomic E-state index is -3.85. The maximum atomic E-state index is 13.1. The van der Waals surface area contributed by atoms with Crippen LogP contribution in [0.25, 0.3) is 10.9 Å². The topological polar surface area (TPSA) is 95.9 Å². The number of aromatic hydroxyl groups is 1. The number of nitrogens with zero attached hydrogens (tertiary/aromatic N) is 2. The number of hydrogen-bond acceptors (Lipinski definition) is 6. The summed E-state index contributed by atoms with van der Waals surface area (Å²) in [6.45, 7) is 3.24. The fourth-order valence-corrected chi connectivity index (χ4v) is 4.69. The minimum Gasteiger partial charge on any atom is -0.506 e. The van der Waals surface area contributed by atoms with Crippen LogP contribution in [0.5, 0.6) is 5.75 Å². The van der Waals surface area contributed by atoms with E-state index in [1.165, 1.54) is 18.3 Å². The zero-order valence-electron chi connectivity index (χ0n) is 12.4. The van der Waals surface area contributed by atoms with Crippen molar-refractivity contribution >= 4 is 33.0 Å². The van der Waals surface area contributed by atoms with Gasteiger partial charge in [0, 0.05) is 17.3 Å². The number of phenols is 1. The Labute approximate surface area is 137 Å². The Morgan fingerprint density at radius 2 is 1.96 bits per heavy atom. The molecular weight excluding hydrogens is 334 g/mol. The number of benzene rings is 1. The predicted molar refractivity (Wildman–Crippen MR) is 87.8 cm³/mol.